The van der Waals surface area contributed by atoms with Gasteiger partial charge in [0, 0.05) is 33.9 Å². The lowest BCUT2D eigenvalue weighted by atomic mass is 10.0. The molecule has 4 aromatic rings. The molecule has 4 nitrogen and oxygen atoms in total. The van der Waals surface area contributed by atoms with Crippen molar-refractivity contribution in [3.8, 4) is 5.69 Å². The molecule has 31 heavy (non-hydrogen) atoms. The van der Waals surface area contributed by atoms with Crippen LogP contribution < -0.4 is 10.2 Å². The summed E-state index contributed by atoms with van der Waals surface area (Å²) in [6, 6.07) is 27.0. The molecule has 0 unspecified atom stereocenters. The normalized spacial score (nSPS) is 18.3. The second-order valence-electron chi connectivity index (χ2n) is 7.61. The van der Waals surface area contributed by atoms with E-state index in [1.165, 1.54) is 5.56 Å². The quantitative estimate of drug-likeness (QED) is 0.350. The van der Waals surface area contributed by atoms with E-state index >= 15 is 0 Å². The van der Waals surface area contributed by atoms with E-state index in [1.54, 1.807) is 0 Å². The molecule has 2 aromatic carbocycles. The first-order valence-electron chi connectivity index (χ1n) is 10.1. The van der Waals surface area contributed by atoms with Crippen molar-refractivity contribution in [1.29, 1.82) is 0 Å². The van der Waals surface area contributed by atoms with Gasteiger partial charge in [0.15, 0.2) is 5.11 Å². The molecule has 1 saturated heterocycles. The molecule has 2 atom stereocenters. The van der Waals surface area contributed by atoms with Crippen LogP contribution in [0.1, 0.15) is 29.0 Å². The smallest absolute Gasteiger partial charge is 0.174 e. The predicted molar refractivity (Wildman–Crippen MR) is 133 cm³/mol. The molecule has 0 aliphatic carbocycles. The Morgan fingerprint density at radius 2 is 1.65 bits per heavy atom. The fraction of sp³-hybridized carbons (Fsp3) is 0.120. The van der Waals surface area contributed by atoms with E-state index in [1.807, 2.05) is 18.3 Å². The van der Waals surface area contributed by atoms with Crippen molar-refractivity contribution in [2.45, 2.75) is 19.0 Å². The monoisotopic (exact) mass is 488 g/mol. The first-order chi connectivity index (χ1) is 15.1. The van der Waals surface area contributed by atoms with Gasteiger partial charge in [0.05, 0.1) is 11.7 Å². The van der Waals surface area contributed by atoms with E-state index in [4.69, 9.17) is 12.2 Å². The van der Waals surface area contributed by atoms with Gasteiger partial charge in [-0.25, -0.2) is 0 Å². The number of anilines is 1. The summed E-state index contributed by atoms with van der Waals surface area (Å²) in [5, 5.41) is 4.24. The molecule has 6 heteroatoms. The van der Waals surface area contributed by atoms with Crippen LogP contribution in [0.3, 0.4) is 0 Å². The molecular formula is C25H21BrN4S. The van der Waals surface area contributed by atoms with Crippen LogP contribution in [0.5, 0.6) is 0 Å². The minimum Gasteiger partial charge on any atom is -0.351 e. The van der Waals surface area contributed by atoms with E-state index in [0.717, 1.165) is 27.2 Å². The first-order valence-corrected chi connectivity index (χ1v) is 11.3. The highest BCUT2D eigenvalue weighted by molar-refractivity contribution is 9.10. The minimum absolute atomic E-state index is 0.0521. The molecule has 0 amide bonds. The number of rotatable bonds is 4. The highest BCUT2D eigenvalue weighted by Crippen LogP contribution is 2.42. The molecule has 0 saturated carbocycles. The number of halogens is 1. The molecule has 1 aliphatic rings. The SMILES string of the molecule is Cc1ccc(N2C(=S)N[C@@H](c3ccccn3)[C@@H]2c2cccn2-c2ccc(Br)cc2)cc1. The van der Waals surface area contributed by atoms with Gasteiger partial charge >= 0.3 is 0 Å². The lowest BCUT2D eigenvalue weighted by Crippen LogP contribution is -2.30. The lowest BCUT2D eigenvalue weighted by Gasteiger charge is -2.29. The molecule has 1 fully saturated rings. The molecule has 1 aliphatic heterocycles. The van der Waals surface area contributed by atoms with Crippen LogP contribution in [0.15, 0.2) is 95.7 Å². The maximum absolute atomic E-state index is 5.83. The van der Waals surface area contributed by atoms with Gasteiger partial charge in [0.1, 0.15) is 6.04 Å². The highest BCUT2D eigenvalue weighted by Gasteiger charge is 2.42. The third-order valence-corrected chi connectivity index (χ3v) is 6.44. The van der Waals surface area contributed by atoms with Crippen molar-refractivity contribution in [2.24, 2.45) is 0 Å². The number of hydrogen-bond donors (Lipinski definition) is 1. The molecule has 3 heterocycles. The van der Waals surface area contributed by atoms with Gasteiger partial charge in [-0.2, -0.15) is 0 Å². The first kappa shape index (κ1) is 20.0. The zero-order valence-corrected chi connectivity index (χ0v) is 19.3. The van der Waals surface area contributed by atoms with Gasteiger partial charge in [0.25, 0.3) is 0 Å². The maximum atomic E-state index is 5.83. The summed E-state index contributed by atoms with van der Waals surface area (Å²) in [6.07, 6.45) is 3.93. The lowest BCUT2D eigenvalue weighted by molar-refractivity contribution is 0.549. The third kappa shape index (κ3) is 3.77. The Morgan fingerprint density at radius 3 is 2.35 bits per heavy atom. The number of aryl methyl sites for hydroxylation is 1. The predicted octanol–water partition coefficient (Wildman–Crippen LogP) is 6.12. The van der Waals surface area contributed by atoms with Gasteiger partial charge in [-0.15, -0.1) is 0 Å². The number of benzene rings is 2. The Morgan fingerprint density at radius 1 is 0.903 bits per heavy atom. The zero-order chi connectivity index (χ0) is 21.4. The summed E-state index contributed by atoms with van der Waals surface area (Å²) < 4.78 is 3.28. The molecule has 1 N–H and O–H groups in total. The van der Waals surface area contributed by atoms with E-state index in [0.29, 0.717) is 5.11 Å². The zero-order valence-electron chi connectivity index (χ0n) is 16.9. The second kappa shape index (κ2) is 8.29. The van der Waals surface area contributed by atoms with Crippen molar-refractivity contribution in [3.63, 3.8) is 0 Å². The summed E-state index contributed by atoms with van der Waals surface area (Å²) in [7, 11) is 0. The summed E-state index contributed by atoms with van der Waals surface area (Å²) in [5.74, 6) is 0. The van der Waals surface area contributed by atoms with Crippen molar-refractivity contribution in [2.75, 3.05) is 4.90 Å². The number of pyridine rings is 1. The Kier molecular flexibility index (Phi) is 5.34. The Labute approximate surface area is 195 Å². The van der Waals surface area contributed by atoms with Crippen molar-refractivity contribution < 1.29 is 0 Å². The Bertz CT molecular complexity index is 1200. The second-order valence-corrected chi connectivity index (χ2v) is 8.91. The van der Waals surface area contributed by atoms with Crippen molar-refractivity contribution >= 4 is 38.9 Å². The summed E-state index contributed by atoms with van der Waals surface area (Å²) in [5.41, 5.74) is 5.50. The summed E-state index contributed by atoms with van der Waals surface area (Å²) in [6.45, 7) is 2.09. The van der Waals surface area contributed by atoms with E-state index < -0.39 is 0 Å². The van der Waals surface area contributed by atoms with E-state index in [2.05, 4.69) is 116 Å². The summed E-state index contributed by atoms with van der Waals surface area (Å²) >= 11 is 9.37. The van der Waals surface area contributed by atoms with Gasteiger partial charge in [-0.1, -0.05) is 39.7 Å². The Balaban J connectivity index is 1.66. The van der Waals surface area contributed by atoms with Crippen LogP contribution in [-0.4, -0.2) is 14.7 Å². The van der Waals surface area contributed by atoms with Crippen LogP contribution in [0.2, 0.25) is 0 Å². The number of aromatic nitrogens is 2. The van der Waals surface area contributed by atoms with Crippen LogP contribution in [0.25, 0.3) is 5.69 Å². The average molecular weight is 489 g/mol. The van der Waals surface area contributed by atoms with E-state index in [-0.39, 0.29) is 12.1 Å². The van der Waals surface area contributed by atoms with Gasteiger partial charge in [0.2, 0.25) is 0 Å². The fourth-order valence-corrected chi connectivity index (χ4v) is 4.72. The van der Waals surface area contributed by atoms with Crippen LogP contribution >= 0.6 is 28.1 Å². The van der Waals surface area contributed by atoms with E-state index in [9.17, 15) is 0 Å². The topological polar surface area (TPSA) is 33.1 Å². The molecule has 0 spiro atoms. The molecule has 0 bridgehead atoms. The molecule has 2 aromatic heterocycles. The molecular weight excluding hydrogens is 468 g/mol. The fourth-order valence-electron chi connectivity index (χ4n) is 4.11. The van der Waals surface area contributed by atoms with Crippen molar-refractivity contribution in [1.82, 2.24) is 14.9 Å². The molecule has 154 valence electrons. The maximum Gasteiger partial charge on any atom is 0.174 e. The number of nitrogens with one attached hydrogen (secondary N) is 1. The number of nitrogens with zero attached hydrogens (tertiary/aromatic N) is 3. The molecule has 0 radical (unpaired) electrons. The molecule has 5 rings (SSSR count). The van der Waals surface area contributed by atoms with Gasteiger partial charge in [-0.3, -0.25) is 4.98 Å². The standard InChI is InChI=1S/C25H21BrN4S/c1-17-7-11-20(12-8-17)30-24(23(28-25(30)31)21-5-2-3-15-27-21)22-6-4-16-29(22)19-13-9-18(26)10-14-19/h2-16,23-24H,1H3,(H,28,31)/t23-,24-/m0/s1. The van der Waals surface area contributed by atoms with Gasteiger partial charge in [-0.05, 0) is 79.8 Å². The van der Waals surface area contributed by atoms with Crippen LogP contribution in [0, 0.1) is 6.92 Å². The third-order valence-electron chi connectivity index (χ3n) is 5.60. The highest BCUT2D eigenvalue weighted by atomic mass is 79.9. The minimum atomic E-state index is -0.0703. The Hall–Kier alpha value is -2.96. The number of hydrogen-bond acceptors (Lipinski definition) is 2. The number of thiocarbonyl (C=S) groups is 1. The summed E-state index contributed by atoms with van der Waals surface area (Å²) in [4.78, 5) is 6.85. The van der Waals surface area contributed by atoms with Crippen LogP contribution in [-0.2, 0) is 0 Å². The van der Waals surface area contributed by atoms with Crippen molar-refractivity contribution in [3.05, 3.63) is 113 Å². The van der Waals surface area contributed by atoms with Gasteiger partial charge < -0.3 is 14.8 Å². The van der Waals surface area contributed by atoms with Crippen LogP contribution in [0.4, 0.5) is 5.69 Å². The average Bonchev–Trinajstić information content (AvgIpc) is 3.40. The largest absolute Gasteiger partial charge is 0.351 e.